The second-order valence-electron chi connectivity index (χ2n) is 10.0. The van der Waals surface area contributed by atoms with Crippen molar-refractivity contribution in [1.29, 1.82) is 0 Å². The number of H-pyrrole nitrogens is 1. The third-order valence-corrected chi connectivity index (χ3v) is 6.77. The number of carbonyl (C=O) groups excluding carboxylic acids is 1. The standard InChI is InChI=1S/C29H37N3O5/c1-17(2)10-13-37-22-9-8-20(16-23(22)36-6)27-24-25(21-15-18(3)14-19(4)28(21)33)30-31-26(24)29(34)32(27)11-7-12-35-5/h8-9,14-17,27,33H,7,10-13H2,1-6H3,(H,30,31). The number of phenolic OH excluding ortho intramolecular Hbond substituents is 1. The van der Waals surface area contributed by atoms with E-state index in [0.29, 0.717) is 60.5 Å². The Balaban J connectivity index is 1.80. The van der Waals surface area contributed by atoms with E-state index < -0.39 is 6.04 Å². The summed E-state index contributed by atoms with van der Waals surface area (Å²) in [6, 6.07) is 9.22. The monoisotopic (exact) mass is 507 g/mol. The van der Waals surface area contributed by atoms with Crippen LogP contribution in [0.1, 0.15) is 65.5 Å². The third-order valence-electron chi connectivity index (χ3n) is 6.77. The number of benzene rings is 2. The van der Waals surface area contributed by atoms with Crippen molar-refractivity contribution in [3.63, 3.8) is 0 Å². The van der Waals surface area contributed by atoms with Crippen LogP contribution >= 0.6 is 0 Å². The van der Waals surface area contributed by atoms with Gasteiger partial charge in [0.05, 0.1) is 19.8 Å². The van der Waals surface area contributed by atoms with Crippen LogP contribution in [-0.4, -0.2) is 60.1 Å². The molecule has 1 aliphatic heterocycles. The molecule has 2 heterocycles. The first-order valence-corrected chi connectivity index (χ1v) is 12.8. The molecule has 1 amide bonds. The summed E-state index contributed by atoms with van der Waals surface area (Å²) in [5.74, 6) is 1.85. The van der Waals surface area contributed by atoms with Gasteiger partial charge in [0.25, 0.3) is 5.91 Å². The molecule has 1 aliphatic rings. The minimum Gasteiger partial charge on any atom is -0.507 e. The van der Waals surface area contributed by atoms with Crippen LogP contribution < -0.4 is 9.47 Å². The lowest BCUT2D eigenvalue weighted by atomic mass is 9.94. The maximum atomic E-state index is 13.6. The van der Waals surface area contributed by atoms with Crippen LogP contribution in [0, 0.1) is 19.8 Å². The van der Waals surface area contributed by atoms with Crippen molar-refractivity contribution in [2.75, 3.05) is 34.0 Å². The molecule has 8 nitrogen and oxygen atoms in total. The Hall–Kier alpha value is -3.52. The molecular weight excluding hydrogens is 470 g/mol. The van der Waals surface area contributed by atoms with Gasteiger partial charge in [0.15, 0.2) is 11.5 Å². The van der Waals surface area contributed by atoms with Crippen molar-refractivity contribution in [2.24, 2.45) is 5.92 Å². The topological polar surface area (TPSA) is 96.9 Å². The largest absolute Gasteiger partial charge is 0.507 e. The molecule has 0 saturated carbocycles. The Morgan fingerprint density at radius 1 is 1.11 bits per heavy atom. The molecule has 8 heteroatoms. The smallest absolute Gasteiger partial charge is 0.273 e. The molecule has 0 fully saturated rings. The van der Waals surface area contributed by atoms with Crippen molar-refractivity contribution < 1.29 is 24.1 Å². The number of hydrogen-bond donors (Lipinski definition) is 2. The molecule has 2 N–H and O–H groups in total. The van der Waals surface area contributed by atoms with E-state index >= 15 is 0 Å². The molecule has 0 spiro atoms. The minimum absolute atomic E-state index is 0.130. The van der Waals surface area contributed by atoms with Crippen molar-refractivity contribution in [1.82, 2.24) is 15.1 Å². The van der Waals surface area contributed by atoms with Gasteiger partial charge in [-0.3, -0.25) is 9.89 Å². The van der Waals surface area contributed by atoms with Gasteiger partial charge >= 0.3 is 0 Å². The number of amides is 1. The zero-order valence-corrected chi connectivity index (χ0v) is 22.6. The number of carbonyl (C=O) groups is 1. The number of nitrogens with one attached hydrogen (secondary N) is 1. The van der Waals surface area contributed by atoms with Gasteiger partial charge in [0.2, 0.25) is 0 Å². The molecule has 198 valence electrons. The first-order chi connectivity index (χ1) is 17.8. The molecule has 0 bridgehead atoms. The Labute approximate surface area is 218 Å². The summed E-state index contributed by atoms with van der Waals surface area (Å²) < 4.78 is 16.9. The van der Waals surface area contributed by atoms with Gasteiger partial charge in [-0.1, -0.05) is 26.0 Å². The van der Waals surface area contributed by atoms with E-state index in [1.54, 1.807) is 14.2 Å². The van der Waals surface area contributed by atoms with Crippen LogP contribution in [0.2, 0.25) is 0 Å². The summed E-state index contributed by atoms with van der Waals surface area (Å²) in [7, 11) is 3.27. The molecule has 1 unspecified atom stereocenters. The Morgan fingerprint density at radius 3 is 2.59 bits per heavy atom. The van der Waals surface area contributed by atoms with Crippen LogP contribution in [0.4, 0.5) is 0 Å². The van der Waals surface area contributed by atoms with E-state index in [1.165, 1.54) is 0 Å². The lowest BCUT2D eigenvalue weighted by molar-refractivity contribution is 0.0723. The van der Waals surface area contributed by atoms with E-state index in [4.69, 9.17) is 14.2 Å². The number of aromatic nitrogens is 2. The van der Waals surface area contributed by atoms with Crippen molar-refractivity contribution >= 4 is 5.91 Å². The van der Waals surface area contributed by atoms with Crippen molar-refractivity contribution in [2.45, 2.75) is 46.6 Å². The van der Waals surface area contributed by atoms with E-state index in [2.05, 4.69) is 24.0 Å². The lowest BCUT2D eigenvalue weighted by Crippen LogP contribution is -2.31. The number of phenols is 1. The zero-order chi connectivity index (χ0) is 26.7. The summed E-state index contributed by atoms with van der Waals surface area (Å²) in [6.07, 6.45) is 1.63. The van der Waals surface area contributed by atoms with Gasteiger partial charge in [-0.05, 0) is 67.5 Å². The summed E-state index contributed by atoms with van der Waals surface area (Å²) in [6.45, 7) is 9.80. The van der Waals surface area contributed by atoms with Gasteiger partial charge < -0.3 is 24.2 Å². The maximum absolute atomic E-state index is 13.6. The van der Waals surface area contributed by atoms with Gasteiger partial charge in [0.1, 0.15) is 17.1 Å². The summed E-state index contributed by atoms with van der Waals surface area (Å²) in [4.78, 5) is 15.4. The molecule has 2 aromatic carbocycles. The molecular formula is C29H37N3O5. The molecule has 3 aromatic rings. The number of aromatic hydroxyl groups is 1. The highest BCUT2D eigenvalue weighted by Crippen LogP contribution is 2.46. The van der Waals surface area contributed by atoms with E-state index in [0.717, 1.165) is 28.7 Å². The predicted molar refractivity (Wildman–Crippen MR) is 142 cm³/mol. The summed E-state index contributed by atoms with van der Waals surface area (Å²) in [5, 5.41) is 18.4. The highest BCUT2D eigenvalue weighted by molar-refractivity contribution is 6.00. The fourth-order valence-corrected chi connectivity index (χ4v) is 4.88. The van der Waals surface area contributed by atoms with Crippen LogP contribution in [0.3, 0.4) is 0 Å². The number of aryl methyl sites for hydroxylation is 2. The second-order valence-corrected chi connectivity index (χ2v) is 10.0. The number of aromatic amines is 1. The predicted octanol–water partition coefficient (Wildman–Crippen LogP) is 5.41. The number of nitrogens with zero attached hydrogens (tertiary/aromatic N) is 2. The fourth-order valence-electron chi connectivity index (χ4n) is 4.88. The Morgan fingerprint density at radius 2 is 1.89 bits per heavy atom. The van der Waals surface area contributed by atoms with E-state index in [-0.39, 0.29) is 11.7 Å². The van der Waals surface area contributed by atoms with Crippen LogP contribution in [-0.2, 0) is 4.74 Å². The lowest BCUT2D eigenvalue weighted by Gasteiger charge is -2.27. The molecule has 1 atom stereocenters. The van der Waals surface area contributed by atoms with Gasteiger partial charge in [-0.15, -0.1) is 0 Å². The van der Waals surface area contributed by atoms with Crippen molar-refractivity contribution in [3.8, 4) is 28.5 Å². The first kappa shape index (κ1) is 26.5. The van der Waals surface area contributed by atoms with E-state index in [9.17, 15) is 9.90 Å². The normalized spacial score (nSPS) is 14.9. The molecule has 0 aliphatic carbocycles. The Kier molecular flexibility index (Phi) is 8.07. The number of fused-ring (bicyclic) bond motifs is 1. The minimum atomic E-state index is -0.410. The van der Waals surface area contributed by atoms with Crippen LogP contribution in [0.25, 0.3) is 11.3 Å². The van der Waals surface area contributed by atoms with Crippen LogP contribution in [0.5, 0.6) is 17.2 Å². The van der Waals surface area contributed by atoms with Crippen LogP contribution in [0.15, 0.2) is 30.3 Å². The van der Waals surface area contributed by atoms with E-state index in [1.807, 2.05) is 49.1 Å². The third kappa shape index (κ3) is 5.30. The van der Waals surface area contributed by atoms with Gasteiger partial charge in [0, 0.05) is 31.4 Å². The molecule has 4 rings (SSSR count). The van der Waals surface area contributed by atoms with Gasteiger partial charge in [-0.25, -0.2) is 0 Å². The first-order valence-electron chi connectivity index (χ1n) is 12.8. The quantitative estimate of drug-likeness (QED) is 0.337. The molecule has 1 aromatic heterocycles. The average molecular weight is 508 g/mol. The summed E-state index contributed by atoms with van der Waals surface area (Å²) >= 11 is 0. The maximum Gasteiger partial charge on any atom is 0.273 e. The Bertz CT molecular complexity index is 1270. The van der Waals surface area contributed by atoms with Crippen molar-refractivity contribution in [3.05, 3.63) is 58.3 Å². The second kappa shape index (κ2) is 11.3. The molecule has 0 saturated heterocycles. The summed E-state index contributed by atoms with van der Waals surface area (Å²) in [5.41, 5.74) is 5.00. The highest BCUT2D eigenvalue weighted by atomic mass is 16.5. The number of ether oxygens (including phenoxy) is 3. The molecule has 0 radical (unpaired) electrons. The number of rotatable bonds is 11. The average Bonchev–Trinajstić information content (AvgIpc) is 3.40. The fraction of sp³-hybridized carbons (Fsp3) is 0.448. The van der Waals surface area contributed by atoms with Gasteiger partial charge in [-0.2, -0.15) is 5.10 Å². The number of hydrogen-bond acceptors (Lipinski definition) is 6. The number of methoxy groups -OCH3 is 2. The zero-order valence-electron chi connectivity index (χ0n) is 22.6. The SMILES string of the molecule is COCCCN1C(=O)c2[nH]nc(-c3cc(C)cc(C)c3O)c2C1c1ccc(OCCC(C)C)c(OC)c1. The molecule has 37 heavy (non-hydrogen) atoms. The highest BCUT2D eigenvalue weighted by Gasteiger charge is 2.42.